The van der Waals surface area contributed by atoms with Crippen molar-refractivity contribution in [3.63, 3.8) is 0 Å². The van der Waals surface area contributed by atoms with Crippen LogP contribution in [0.25, 0.3) is 0 Å². The number of rotatable bonds is 0. The van der Waals surface area contributed by atoms with Gasteiger partial charge in [-0.05, 0) is 18.9 Å². The van der Waals surface area contributed by atoms with Gasteiger partial charge in [-0.3, -0.25) is 0 Å². The van der Waals surface area contributed by atoms with Gasteiger partial charge in [-0.1, -0.05) is 6.42 Å². The first-order chi connectivity index (χ1) is 8.65. The molecule has 1 aliphatic heterocycles. The molecule has 0 amide bonds. The number of nitriles is 1. The maximum absolute atomic E-state index is 10.0. The smallest absolute Gasteiger partial charge is 0.169 e. The summed E-state index contributed by atoms with van der Waals surface area (Å²) in [6, 6.07) is 1.90. The summed E-state index contributed by atoms with van der Waals surface area (Å²) in [4.78, 5) is 0. The Labute approximate surface area is 106 Å². The van der Waals surface area contributed by atoms with Crippen molar-refractivity contribution in [1.82, 2.24) is 0 Å². The summed E-state index contributed by atoms with van der Waals surface area (Å²) in [7, 11) is 0. The van der Waals surface area contributed by atoms with Crippen LogP contribution in [-0.2, 0) is 9.47 Å². The van der Waals surface area contributed by atoms with Crippen LogP contribution in [0.4, 0.5) is 0 Å². The Balaban J connectivity index is 1.85. The van der Waals surface area contributed by atoms with E-state index in [1.165, 1.54) is 6.42 Å². The Hall–Kier alpha value is -0.930. The average Bonchev–Trinajstić information content (AvgIpc) is 2.73. The van der Waals surface area contributed by atoms with Gasteiger partial charge in [-0.15, -0.1) is 0 Å². The lowest BCUT2D eigenvalue weighted by Gasteiger charge is -2.32. The molecular formula is C13H17NO4. The van der Waals surface area contributed by atoms with Crippen molar-refractivity contribution in [1.29, 1.82) is 5.26 Å². The zero-order valence-electron chi connectivity index (χ0n) is 10.1. The van der Waals surface area contributed by atoms with Crippen molar-refractivity contribution in [2.24, 2.45) is 0 Å². The molecule has 3 aliphatic rings. The van der Waals surface area contributed by atoms with Crippen LogP contribution in [-0.4, -0.2) is 40.4 Å². The first-order valence-corrected chi connectivity index (χ1v) is 6.49. The largest absolute Gasteiger partial charge is 0.387 e. The van der Waals surface area contributed by atoms with Crippen LogP contribution in [0.1, 0.15) is 32.1 Å². The van der Waals surface area contributed by atoms with Gasteiger partial charge in [0.15, 0.2) is 5.79 Å². The van der Waals surface area contributed by atoms with Crippen molar-refractivity contribution >= 4 is 0 Å². The molecule has 2 fully saturated rings. The zero-order chi connectivity index (χ0) is 12.8. The fourth-order valence-electron chi connectivity index (χ4n) is 3.12. The predicted octanol–water partition coefficient (Wildman–Crippen LogP) is 0.616. The van der Waals surface area contributed by atoms with Crippen molar-refractivity contribution in [2.75, 3.05) is 0 Å². The van der Waals surface area contributed by atoms with Crippen molar-refractivity contribution in [3.05, 3.63) is 11.6 Å². The number of hydrogen-bond donors (Lipinski definition) is 2. The number of aliphatic hydroxyl groups excluding tert-OH is 2. The quantitative estimate of drug-likeness (QED) is 0.659. The highest BCUT2D eigenvalue weighted by Crippen LogP contribution is 2.43. The third-order valence-corrected chi connectivity index (χ3v) is 4.09. The van der Waals surface area contributed by atoms with E-state index in [0.717, 1.165) is 25.7 Å². The predicted molar refractivity (Wildman–Crippen MR) is 61.3 cm³/mol. The minimum absolute atomic E-state index is 0.167. The van der Waals surface area contributed by atoms with Gasteiger partial charge in [0.25, 0.3) is 0 Å². The highest BCUT2D eigenvalue weighted by atomic mass is 16.8. The summed E-state index contributed by atoms with van der Waals surface area (Å²) in [5.74, 6) is -0.615. The average molecular weight is 251 g/mol. The molecule has 1 saturated carbocycles. The van der Waals surface area contributed by atoms with Gasteiger partial charge in [0.05, 0.1) is 11.6 Å². The van der Waals surface area contributed by atoms with Crippen LogP contribution in [0, 0.1) is 11.3 Å². The minimum atomic E-state index is -1.17. The number of hydrogen-bond acceptors (Lipinski definition) is 5. The third-order valence-electron chi connectivity index (χ3n) is 4.09. The molecule has 3 rings (SSSR count). The lowest BCUT2D eigenvalue weighted by atomic mass is 9.90. The van der Waals surface area contributed by atoms with E-state index >= 15 is 0 Å². The fourth-order valence-corrected chi connectivity index (χ4v) is 3.12. The topological polar surface area (TPSA) is 82.7 Å². The molecule has 0 aromatic rings. The Morgan fingerprint density at radius 3 is 2.61 bits per heavy atom. The molecule has 1 spiro atoms. The molecule has 4 atom stereocenters. The van der Waals surface area contributed by atoms with Crippen LogP contribution in [0.3, 0.4) is 0 Å². The van der Waals surface area contributed by atoms with Crippen molar-refractivity contribution in [2.45, 2.75) is 62.3 Å². The molecule has 18 heavy (non-hydrogen) atoms. The molecule has 5 nitrogen and oxygen atoms in total. The molecule has 98 valence electrons. The lowest BCUT2D eigenvalue weighted by molar-refractivity contribution is -0.200. The molecule has 0 aromatic carbocycles. The molecule has 2 N–H and O–H groups in total. The van der Waals surface area contributed by atoms with Crippen LogP contribution in [0.15, 0.2) is 11.6 Å². The van der Waals surface area contributed by atoms with Crippen molar-refractivity contribution < 1.29 is 19.7 Å². The first kappa shape index (κ1) is 12.1. The van der Waals surface area contributed by atoms with Crippen LogP contribution in [0.5, 0.6) is 0 Å². The fraction of sp³-hybridized carbons (Fsp3) is 0.769. The maximum atomic E-state index is 10.0. The van der Waals surface area contributed by atoms with Gasteiger partial charge >= 0.3 is 0 Å². The van der Waals surface area contributed by atoms with Gasteiger partial charge in [0.2, 0.25) is 0 Å². The van der Waals surface area contributed by atoms with Crippen LogP contribution >= 0.6 is 0 Å². The highest BCUT2D eigenvalue weighted by molar-refractivity contribution is 5.32. The monoisotopic (exact) mass is 251 g/mol. The standard InChI is InChI=1S/C13H17NO4/c14-7-8-6-9-12(11(16)10(8)15)18-13(17-9)4-2-1-3-5-13/h6,9-12,15-16H,1-5H2/t9-,10-,11-,12-/m1/s1. The summed E-state index contributed by atoms with van der Waals surface area (Å²) in [5, 5.41) is 28.7. The highest BCUT2D eigenvalue weighted by Gasteiger charge is 2.53. The SMILES string of the molecule is N#CC1=C[C@H]2OC3(CCCCC3)O[C@H]2[C@H](O)[C@@H]1O. The lowest BCUT2D eigenvalue weighted by Crippen LogP contribution is -2.47. The van der Waals surface area contributed by atoms with Crippen LogP contribution < -0.4 is 0 Å². The molecule has 0 unspecified atom stereocenters. The molecule has 2 aliphatic carbocycles. The van der Waals surface area contributed by atoms with Gasteiger partial charge in [-0.2, -0.15) is 5.26 Å². The van der Waals surface area contributed by atoms with Gasteiger partial charge in [0, 0.05) is 12.8 Å². The second kappa shape index (κ2) is 4.32. The molecule has 5 heteroatoms. The number of aliphatic hydroxyl groups is 2. The maximum Gasteiger partial charge on any atom is 0.169 e. The summed E-state index contributed by atoms with van der Waals surface area (Å²) >= 11 is 0. The Bertz CT molecular complexity index is 408. The van der Waals surface area contributed by atoms with Gasteiger partial charge < -0.3 is 19.7 Å². The normalized spacial score (nSPS) is 42.2. The number of nitrogens with zero attached hydrogens (tertiary/aromatic N) is 1. The zero-order valence-corrected chi connectivity index (χ0v) is 10.1. The molecular weight excluding hydrogens is 234 g/mol. The van der Waals surface area contributed by atoms with E-state index in [1.807, 2.05) is 6.07 Å². The van der Waals surface area contributed by atoms with E-state index in [-0.39, 0.29) is 5.57 Å². The first-order valence-electron chi connectivity index (χ1n) is 6.49. The molecule has 0 radical (unpaired) electrons. The van der Waals surface area contributed by atoms with Gasteiger partial charge in [0.1, 0.15) is 24.4 Å². The second-order valence-electron chi connectivity index (χ2n) is 5.31. The van der Waals surface area contributed by atoms with E-state index < -0.39 is 30.2 Å². The minimum Gasteiger partial charge on any atom is -0.387 e. The van der Waals surface area contributed by atoms with E-state index in [2.05, 4.69) is 0 Å². The number of fused-ring (bicyclic) bond motifs is 1. The Kier molecular flexibility index (Phi) is 2.91. The summed E-state index contributed by atoms with van der Waals surface area (Å²) in [6.45, 7) is 0. The van der Waals surface area contributed by atoms with Crippen molar-refractivity contribution in [3.8, 4) is 6.07 Å². The number of ether oxygens (including phenoxy) is 2. The summed E-state index contributed by atoms with van der Waals surface area (Å²) < 4.78 is 11.8. The molecule has 1 saturated heterocycles. The Morgan fingerprint density at radius 2 is 1.94 bits per heavy atom. The van der Waals surface area contributed by atoms with Gasteiger partial charge in [-0.25, -0.2) is 0 Å². The molecule has 0 aromatic heterocycles. The molecule has 0 bridgehead atoms. The summed E-state index contributed by atoms with van der Waals surface area (Å²) in [5.41, 5.74) is 0.167. The van der Waals surface area contributed by atoms with E-state index in [4.69, 9.17) is 14.7 Å². The van der Waals surface area contributed by atoms with E-state index in [9.17, 15) is 10.2 Å². The van der Waals surface area contributed by atoms with E-state index in [0.29, 0.717) is 0 Å². The third kappa shape index (κ3) is 1.77. The van der Waals surface area contributed by atoms with Crippen LogP contribution in [0.2, 0.25) is 0 Å². The summed E-state index contributed by atoms with van der Waals surface area (Å²) in [6.07, 6.45) is 3.26. The molecule has 1 heterocycles. The van der Waals surface area contributed by atoms with E-state index in [1.54, 1.807) is 6.08 Å². The Morgan fingerprint density at radius 1 is 1.22 bits per heavy atom. The second-order valence-corrected chi connectivity index (χ2v) is 5.31.